The van der Waals surface area contributed by atoms with Crippen LogP contribution in [-0.2, 0) is 11.3 Å². The maximum absolute atomic E-state index is 13.1. The van der Waals surface area contributed by atoms with Crippen LogP contribution in [0, 0.1) is 0 Å². The summed E-state index contributed by atoms with van der Waals surface area (Å²) in [6.07, 6.45) is 8.82. The third-order valence-corrected chi connectivity index (χ3v) is 6.16. The normalized spacial score (nSPS) is 15.3. The highest BCUT2D eigenvalue weighted by Crippen LogP contribution is 2.25. The largest absolute Gasteiger partial charge is 0.355 e. The monoisotopic (exact) mass is 399 g/mol. The van der Waals surface area contributed by atoms with Crippen molar-refractivity contribution in [1.82, 2.24) is 14.9 Å². The van der Waals surface area contributed by atoms with E-state index in [-0.39, 0.29) is 16.7 Å². The molecule has 0 radical (unpaired) electrons. The van der Waals surface area contributed by atoms with Crippen molar-refractivity contribution in [2.24, 2.45) is 0 Å². The van der Waals surface area contributed by atoms with Gasteiger partial charge in [0.25, 0.3) is 5.56 Å². The van der Waals surface area contributed by atoms with Gasteiger partial charge in [-0.05, 0) is 57.6 Å². The van der Waals surface area contributed by atoms with Crippen LogP contribution < -0.4 is 10.9 Å². The molecule has 1 atom stereocenters. The maximum atomic E-state index is 13.1. The lowest BCUT2D eigenvalue weighted by Crippen LogP contribution is -2.32. The molecule has 0 spiro atoms. The summed E-state index contributed by atoms with van der Waals surface area (Å²) in [5.74, 6) is -0.0178. The quantitative estimate of drug-likeness (QED) is 0.408. The maximum Gasteiger partial charge on any atom is 0.262 e. The van der Waals surface area contributed by atoms with Crippen LogP contribution >= 0.6 is 11.8 Å². The van der Waals surface area contributed by atoms with Crippen LogP contribution in [0.2, 0.25) is 0 Å². The molecule has 0 fully saturated rings. The van der Waals surface area contributed by atoms with Crippen LogP contribution in [0.25, 0.3) is 10.9 Å². The second kappa shape index (κ2) is 9.92. The molecule has 1 aliphatic carbocycles. The topological polar surface area (TPSA) is 64.0 Å². The smallest absolute Gasteiger partial charge is 0.262 e. The zero-order valence-electron chi connectivity index (χ0n) is 16.7. The summed E-state index contributed by atoms with van der Waals surface area (Å²) in [5.41, 5.74) is 2.09. The van der Waals surface area contributed by atoms with Gasteiger partial charge < -0.3 is 5.32 Å². The van der Waals surface area contributed by atoms with Crippen molar-refractivity contribution in [3.63, 3.8) is 0 Å². The Morgan fingerprint density at radius 1 is 1.32 bits per heavy atom. The molecule has 3 rings (SSSR count). The molecule has 28 heavy (non-hydrogen) atoms. The van der Waals surface area contributed by atoms with E-state index in [2.05, 4.69) is 11.4 Å². The summed E-state index contributed by atoms with van der Waals surface area (Å²) < 4.78 is 1.76. The number of para-hydroxylation sites is 1. The lowest BCUT2D eigenvalue weighted by atomic mass is 9.97. The van der Waals surface area contributed by atoms with E-state index in [1.165, 1.54) is 30.2 Å². The number of hydrogen-bond donors (Lipinski definition) is 1. The molecule has 0 saturated carbocycles. The van der Waals surface area contributed by atoms with E-state index in [9.17, 15) is 9.59 Å². The Kier molecular flexibility index (Phi) is 7.31. The fourth-order valence-electron chi connectivity index (χ4n) is 3.43. The number of amides is 1. The number of nitrogens with one attached hydrogen (secondary N) is 1. The molecule has 1 aromatic carbocycles. The van der Waals surface area contributed by atoms with Gasteiger partial charge in [0.2, 0.25) is 5.91 Å². The zero-order valence-corrected chi connectivity index (χ0v) is 17.6. The average Bonchev–Trinajstić information content (AvgIpc) is 2.72. The van der Waals surface area contributed by atoms with Gasteiger partial charge in [0.05, 0.1) is 16.2 Å². The molecule has 150 valence electrons. The van der Waals surface area contributed by atoms with Crippen LogP contribution in [0.1, 0.15) is 52.4 Å². The van der Waals surface area contributed by atoms with Crippen molar-refractivity contribution in [2.75, 3.05) is 6.54 Å². The first-order valence-electron chi connectivity index (χ1n) is 10.2. The van der Waals surface area contributed by atoms with Crippen molar-refractivity contribution < 1.29 is 4.79 Å². The number of allylic oxidation sites excluding steroid dienone is 2. The summed E-state index contributed by atoms with van der Waals surface area (Å²) in [7, 11) is 0. The van der Waals surface area contributed by atoms with Crippen molar-refractivity contribution in [3.8, 4) is 0 Å². The van der Waals surface area contributed by atoms with E-state index in [0.717, 1.165) is 25.7 Å². The summed E-state index contributed by atoms with van der Waals surface area (Å²) in [6.45, 7) is 5.16. The molecule has 1 aliphatic rings. The lowest BCUT2D eigenvalue weighted by molar-refractivity contribution is -0.120. The second-order valence-electron chi connectivity index (χ2n) is 7.28. The van der Waals surface area contributed by atoms with E-state index in [0.29, 0.717) is 29.1 Å². The van der Waals surface area contributed by atoms with E-state index in [1.807, 2.05) is 38.1 Å². The van der Waals surface area contributed by atoms with Gasteiger partial charge in [-0.15, -0.1) is 0 Å². The van der Waals surface area contributed by atoms with Crippen molar-refractivity contribution >= 4 is 28.6 Å². The first-order chi connectivity index (χ1) is 13.6. The molecular formula is C22H29N3O2S. The standard InChI is InChI=1S/C22H29N3O2S/c1-3-14-23-20(26)16(2)28-22-24-19-12-8-7-11-18(19)21(27)25(22)15-13-17-9-5-4-6-10-17/h7-9,11-12,16H,3-6,10,13-15H2,1-2H3,(H,23,26)/t16-/m0/s1. The van der Waals surface area contributed by atoms with Gasteiger partial charge in [-0.3, -0.25) is 14.2 Å². The van der Waals surface area contributed by atoms with Gasteiger partial charge in [0.1, 0.15) is 0 Å². The molecule has 0 aliphatic heterocycles. The van der Waals surface area contributed by atoms with Crippen molar-refractivity contribution in [2.45, 2.75) is 69.3 Å². The van der Waals surface area contributed by atoms with E-state index >= 15 is 0 Å². The molecule has 0 bridgehead atoms. The van der Waals surface area contributed by atoms with E-state index in [4.69, 9.17) is 4.98 Å². The Labute approximate surface area is 170 Å². The molecule has 2 aromatic rings. The molecule has 1 N–H and O–H groups in total. The summed E-state index contributed by atoms with van der Waals surface area (Å²) in [6, 6.07) is 7.44. The molecule has 1 aromatic heterocycles. The van der Waals surface area contributed by atoms with E-state index in [1.54, 1.807) is 4.57 Å². The third kappa shape index (κ3) is 5.04. The molecule has 5 nitrogen and oxygen atoms in total. The fourth-order valence-corrected chi connectivity index (χ4v) is 4.38. The van der Waals surface area contributed by atoms with Gasteiger partial charge in [-0.2, -0.15) is 0 Å². The Bertz CT molecular complexity index is 920. The number of thioether (sulfide) groups is 1. The van der Waals surface area contributed by atoms with Gasteiger partial charge in [0, 0.05) is 13.1 Å². The first kappa shape index (κ1) is 20.6. The fraction of sp³-hybridized carbons (Fsp3) is 0.500. The van der Waals surface area contributed by atoms with E-state index < -0.39 is 0 Å². The molecular weight excluding hydrogens is 370 g/mol. The summed E-state index contributed by atoms with van der Waals surface area (Å²) >= 11 is 1.36. The summed E-state index contributed by atoms with van der Waals surface area (Å²) in [5, 5.41) is 3.87. The Morgan fingerprint density at radius 3 is 2.89 bits per heavy atom. The minimum atomic E-state index is -0.306. The zero-order chi connectivity index (χ0) is 19.9. The SMILES string of the molecule is CCCNC(=O)[C@H](C)Sc1nc2ccccc2c(=O)n1CCC1=CCCCC1. The molecule has 1 heterocycles. The van der Waals surface area contributed by atoms with Crippen molar-refractivity contribution in [1.29, 1.82) is 0 Å². The Morgan fingerprint density at radius 2 is 2.14 bits per heavy atom. The molecule has 0 unspecified atom stereocenters. The predicted octanol–water partition coefficient (Wildman–Crippen LogP) is 4.29. The molecule has 0 saturated heterocycles. The Hall–Kier alpha value is -2.08. The second-order valence-corrected chi connectivity index (χ2v) is 8.59. The van der Waals surface area contributed by atoms with Crippen LogP contribution in [0.4, 0.5) is 0 Å². The highest BCUT2D eigenvalue weighted by atomic mass is 32.2. The Balaban J connectivity index is 1.88. The van der Waals surface area contributed by atoms with Crippen LogP contribution in [0.3, 0.4) is 0 Å². The number of carbonyl (C=O) groups is 1. The van der Waals surface area contributed by atoms with Gasteiger partial charge in [-0.1, -0.05) is 42.5 Å². The van der Waals surface area contributed by atoms with Crippen LogP contribution in [0.15, 0.2) is 45.9 Å². The number of hydrogen-bond acceptors (Lipinski definition) is 4. The van der Waals surface area contributed by atoms with Gasteiger partial charge in [-0.25, -0.2) is 4.98 Å². The minimum Gasteiger partial charge on any atom is -0.355 e. The highest BCUT2D eigenvalue weighted by Gasteiger charge is 2.19. The lowest BCUT2D eigenvalue weighted by Gasteiger charge is -2.18. The third-order valence-electron chi connectivity index (χ3n) is 5.07. The number of aromatic nitrogens is 2. The number of carbonyl (C=O) groups excluding carboxylic acids is 1. The molecule has 6 heteroatoms. The predicted molar refractivity (Wildman–Crippen MR) is 116 cm³/mol. The average molecular weight is 400 g/mol. The number of nitrogens with zero attached hydrogens (tertiary/aromatic N) is 2. The first-order valence-corrected chi connectivity index (χ1v) is 11.1. The van der Waals surface area contributed by atoms with Crippen molar-refractivity contribution in [3.05, 3.63) is 46.3 Å². The number of rotatable bonds is 8. The van der Waals surface area contributed by atoms with Crippen LogP contribution in [-0.4, -0.2) is 27.3 Å². The minimum absolute atomic E-state index is 0.0178. The number of fused-ring (bicyclic) bond motifs is 1. The summed E-state index contributed by atoms with van der Waals surface area (Å²) in [4.78, 5) is 30.2. The van der Waals surface area contributed by atoms with Gasteiger partial charge >= 0.3 is 0 Å². The number of benzene rings is 1. The molecule has 1 amide bonds. The highest BCUT2D eigenvalue weighted by molar-refractivity contribution is 8.00. The van der Waals surface area contributed by atoms with Crippen LogP contribution in [0.5, 0.6) is 0 Å². The van der Waals surface area contributed by atoms with Gasteiger partial charge in [0.15, 0.2) is 5.16 Å².